The number of pyridine rings is 2. The monoisotopic (exact) mass is 818 g/mol. The number of rotatable bonds is 18. The van der Waals surface area contributed by atoms with E-state index in [2.05, 4.69) is 42.4 Å². The Bertz CT molecular complexity index is 2330. The average molecular weight is 819 g/mol. The van der Waals surface area contributed by atoms with Crippen LogP contribution in [0.15, 0.2) is 48.9 Å². The Kier molecular flexibility index (Phi) is 12.4. The molecule has 18 nitrogen and oxygen atoms in total. The van der Waals surface area contributed by atoms with Crippen LogP contribution in [0.1, 0.15) is 88.0 Å². The second-order valence-electron chi connectivity index (χ2n) is 15.4. The number of amides is 5. The van der Waals surface area contributed by atoms with Crippen molar-refractivity contribution in [2.45, 2.75) is 69.5 Å². The molecule has 60 heavy (non-hydrogen) atoms. The summed E-state index contributed by atoms with van der Waals surface area (Å²) < 4.78 is 18.9. The minimum absolute atomic E-state index is 0.0601. The fourth-order valence-electron chi connectivity index (χ4n) is 7.80. The summed E-state index contributed by atoms with van der Waals surface area (Å²) in [5.74, 6) is -1.41. The number of nitrogens with one attached hydrogen (secondary N) is 4. The van der Waals surface area contributed by atoms with E-state index in [0.29, 0.717) is 92.1 Å². The van der Waals surface area contributed by atoms with Crippen LogP contribution in [0.4, 0.5) is 11.4 Å². The fourth-order valence-corrected chi connectivity index (χ4v) is 7.80. The van der Waals surface area contributed by atoms with E-state index >= 15 is 0 Å². The molecule has 1 atom stereocenters. The number of carbonyl (C=O) groups excluding carboxylic acids is 5. The van der Waals surface area contributed by atoms with Crippen molar-refractivity contribution >= 4 is 51.9 Å². The Hall–Kier alpha value is -6.29. The van der Waals surface area contributed by atoms with Crippen LogP contribution < -0.4 is 21.3 Å². The van der Waals surface area contributed by atoms with Crippen LogP contribution in [0, 0.1) is 17.2 Å². The first-order chi connectivity index (χ1) is 29.3. The van der Waals surface area contributed by atoms with E-state index in [4.69, 9.17) is 14.2 Å². The Morgan fingerprint density at radius 3 is 2.38 bits per heavy atom. The summed E-state index contributed by atoms with van der Waals surface area (Å²) in [5.41, 5.74) is 3.12. The first-order valence-corrected chi connectivity index (χ1v) is 20.4. The SMILES string of the molecule is N#Cc1cnc2c(cnn2-c2cc(NC3CC3)c(C(=O)N[C@H]3CC[C@H](COCCOCCOCCNc4cccc5c4C(=O)N(C4CCC(=O)NC4=O)C5=O)CC3)cn2)c1. The smallest absolute Gasteiger partial charge is 0.264 e. The lowest BCUT2D eigenvalue weighted by Gasteiger charge is -2.29. The molecule has 2 aliphatic heterocycles. The van der Waals surface area contributed by atoms with E-state index in [9.17, 15) is 29.2 Å². The van der Waals surface area contributed by atoms with Gasteiger partial charge in [0.1, 0.15) is 12.1 Å². The average Bonchev–Trinajstić information content (AvgIpc) is 3.91. The summed E-state index contributed by atoms with van der Waals surface area (Å²) in [6, 6.07) is 9.94. The maximum atomic E-state index is 13.5. The van der Waals surface area contributed by atoms with E-state index in [1.807, 2.05) is 6.07 Å². The number of nitriles is 1. The zero-order valence-corrected chi connectivity index (χ0v) is 33.0. The van der Waals surface area contributed by atoms with Crippen LogP contribution in [0.3, 0.4) is 0 Å². The van der Waals surface area contributed by atoms with Gasteiger partial charge in [0.15, 0.2) is 11.5 Å². The van der Waals surface area contributed by atoms with Crippen LogP contribution >= 0.6 is 0 Å². The molecule has 5 heterocycles. The van der Waals surface area contributed by atoms with Gasteiger partial charge in [-0.2, -0.15) is 15.0 Å². The second-order valence-corrected chi connectivity index (χ2v) is 15.4. The standard InChI is InChI=1S/C42H46N10O8/c43-20-26-18-27-22-47-52(38(27)46-21-26)35-19-33(48-28-8-9-28)31(23-45-35)39(54)49-29-6-4-25(5-7-29)24-60-17-16-59-15-14-58-13-12-44-32-3-1-2-30-37(32)42(57)51(41(30)56)34-10-11-36(53)50-40(34)55/h1-3,18-19,21-23,25,28-29,34,44H,4-17,24H2,(H,45,48)(H,49,54)(H,50,53,55)/t25-,29-,34?. The molecule has 2 aliphatic carbocycles. The summed E-state index contributed by atoms with van der Waals surface area (Å²) in [5, 5.41) is 26.4. The van der Waals surface area contributed by atoms with Crippen molar-refractivity contribution in [3.8, 4) is 11.9 Å². The van der Waals surface area contributed by atoms with E-state index in [1.54, 1.807) is 41.3 Å². The quantitative estimate of drug-likeness (QED) is 0.0835. The second kappa shape index (κ2) is 18.3. The third-order valence-electron chi connectivity index (χ3n) is 11.1. The maximum absolute atomic E-state index is 13.5. The topological polar surface area (TPSA) is 232 Å². The van der Waals surface area contributed by atoms with Crippen molar-refractivity contribution in [2.24, 2.45) is 5.92 Å². The van der Waals surface area contributed by atoms with Crippen molar-refractivity contribution in [2.75, 3.05) is 56.8 Å². The van der Waals surface area contributed by atoms with Gasteiger partial charge in [0, 0.05) is 61.2 Å². The molecule has 0 radical (unpaired) electrons. The predicted octanol–water partition coefficient (Wildman–Crippen LogP) is 3.11. The van der Waals surface area contributed by atoms with Crippen LogP contribution in [0.25, 0.3) is 16.9 Å². The fraction of sp³-hybridized carbons (Fsp3) is 0.452. The van der Waals surface area contributed by atoms with E-state index in [1.165, 1.54) is 6.20 Å². The van der Waals surface area contributed by atoms with Crippen molar-refractivity contribution in [1.82, 2.24) is 35.3 Å². The van der Waals surface area contributed by atoms with Crippen molar-refractivity contribution < 1.29 is 38.2 Å². The van der Waals surface area contributed by atoms with Crippen molar-refractivity contribution in [3.63, 3.8) is 0 Å². The molecule has 3 fully saturated rings. The van der Waals surface area contributed by atoms with Gasteiger partial charge in [0.25, 0.3) is 17.7 Å². The van der Waals surface area contributed by atoms with E-state index in [0.717, 1.165) is 48.8 Å². The lowest BCUT2D eigenvalue weighted by atomic mass is 9.86. The Morgan fingerprint density at radius 2 is 1.62 bits per heavy atom. The van der Waals surface area contributed by atoms with Crippen LogP contribution in [0.2, 0.25) is 0 Å². The van der Waals surface area contributed by atoms with Crippen molar-refractivity contribution in [1.29, 1.82) is 5.26 Å². The van der Waals surface area contributed by atoms with Crippen LogP contribution in [0.5, 0.6) is 0 Å². The predicted molar refractivity (Wildman–Crippen MR) is 215 cm³/mol. The minimum Gasteiger partial charge on any atom is -0.382 e. The number of benzene rings is 1. The number of aromatic nitrogens is 4. The molecule has 18 heteroatoms. The van der Waals surface area contributed by atoms with Crippen LogP contribution in [-0.2, 0) is 23.8 Å². The normalized spacial score (nSPS) is 20.2. The molecule has 0 bridgehead atoms. The van der Waals surface area contributed by atoms with Gasteiger partial charge in [-0.15, -0.1) is 0 Å². The number of hydrogen-bond donors (Lipinski definition) is 4. The number of nitrogens with zero attached hydrogens (tertiary/aromatic N) is 6. The number of carbonyl (C=O) groups is 5. The van der Waals surface area contributed by atoms with E-state index < -0.39 is 29.7 Å². The molecule has 5 amide bonds. The first-order valence-electron chi connectivity index (χ1n) is 20.4. The molecule has 1 unspecified atom stereocenters. The van der Waals surface area contributed by atoms with Gasteiger partial charge in [-0.3, -0.25) is 34.2 Å². The Labute approximate surface area is 345 Å². The summed E-state index contributed by atoms with van der Waals surface area (Å²) in [7, 11) is 0. The highest BCUT2D eigenvalue weighted by Gasteiger charge is 2.45. The summed E-state index contributed by atoms with van der Waals surface area (Å²) >= 11 is 0. The zero-order valence-electron chi connectivity index (χ0n) is 33.0. The molecule has 4 aromatic rings. The molecule has 312 valence electrons. The summed E-state index contributed by atoms with van der Waals surface area (Å²) in [6.45, 7) is 3.00. The van der Waals surface area contributed by atoms with Gasteiger partial charge in [0.2, 0.25) is 11.8 Å². The minimum atomic E-state index is -1.02. The first kappa shape index (κ1) is 40.5. The summed E-state index contributed by atoms with van der Waals surface area (Å²) in [4.78, 5) is 73.6. The van der Waals surface area contributed by atoms with Gasteiger partial charge < -0.3 is 30.2 Å². The van der Waals surface area contributed by atoms with Crippen LogP contribution in [-0.4, -0.2) is 118 Å². The largest absolute Gasteiger partial charge is 0.382 e. The highest BCUT2D eigenvalue weighted by molar-refractivity contribution is 6.25. The third-order valence-corrected chi connectivity index (χ3v) is 11.1. The molecule has 1 aromatic carbocycles. The zero-order chi connectivity index (χ0) is 41.6. The van der Waals surface area contributed by atoms with Gasteiger partial charge in [0.05, 0.1) is 67.2 Å². The number of hydrogen-bond acceptors (Lipinski definition) is 14. The van der Waals surface area contributed by atoms with Crippen molar-refractivity contribution in [3.05, 3.63) is 71.2 Å². The number of anilines is 2. The molecule has 4 aliphatic rings. The number of piperidine rings is 1. The maximum Gasteiger partial charge on any atom is 0.264 e. The van der Waals surface area contributed by atoms with Gasteiger partial charge in [-0.05, 0) is 69.1 Å². The van der Waals surface area contributed by atoms with E-state index in [-0.39, 0.29) is 35.9 Å². The highest BCUT2D eigenvalue weighted by atomic mass is 16.5. The molecule has 3 aromatic heterocycles. The number of fused-ring (bicyclic) bond motifs is 2. The Morgan fingerprint density at radius 1 is 0.850 bits per heavy atom. The molecule has 4 N–H and O–H groups in total. The molecule has 2 saturated carbocycles. The summed E-state index contributed by atoms with van der Waals surface area (Å²) in [6.07, 6.45) is 10.6. The highest BCUT2D eigenvalue weighted by Crippen LogP contribution is 2.33. The number of ether oxygens (including phenoxy) is 3. The van der Waals surface area contributed by atoms with Gasteiger partial charge in [-0.1, -0.05) is 6.07 Å². The lowest BCUT2D eigenvalue weighted by Crippen LogP contribution is -2.54. The molecular weight excluding hydrogens is 773 g/mol. The molecular formula is C42H46N10O8. The molecule has 0 spiro atoms. The lowest BCUT2D eigenvalue weighted by molar-refractivity contribution is -0.136. The molecule has 1 saturated heterocycles. The van der Waals surface area contributed by atoms with Gasteiger partial charge >= 0.3 is 0 Å². The molecule has 8 rings (SSSR count). The number of imide groups is 2. The van der Waals surface area contributed by atoms with Gasteiger partial charge in [-0.25, -0.2) is 9.97 Å². The third kappa shape index (κ3) is 9.13. The Balaban J connectivity index is 0.698.